The van der Waals surface area contributed by atoms with Crippen LogP contribution < -0.4 is 10.5 Å². The summed E-state index contributed by atoms with van der Waals surface area (Å²) in [5.74, 6) is -0.545. The van der Waals surface area contributed by atoms with Gasteiger partial charge in [0.2, 0.25) is 0 Å². The highest BCUT2D eigenvalue weighted by Crippen LogP contribution is 2.37. The Hall–Kier alpha value is -1.46. The Kier molecular flexibility index (Phi) is 3.48. The van der Waals surface area contributed by atoms with E-state index in [0.717, 1.165) is 33.8 Å². The molecule has 1 aliphatic heterocycles. The second kappa shape index (κ2) is 5.14. The molecule has 0 aliphatic carbocycles. The number of benzene rings is 2. The molecule has 1 atom stereocenters. The summed E-state index contributed by atoms with van der Waals surface area (Å²) in [6.07, 6.45) is 0.812. The predicted molar refractivity (Wildman–Crippen MR) is 75.7 cm³/mol. The van der Waals surface area contributed by atoms with Gasteiger partial charge >= 0.3 is 0 Å². The van der Waals surface area contributed by atoms with Crippen LogP contribution in [0, 0.1) is 11.6 Å². The summed E-state index contributed by atoms with van der Waals surface area (Å²) in [5, 5.41) is 0. The first-order valence-corrected chi connectivity index (χ1v) is 7.00. The van der Waals surface area contributed by atoms with Gasteiger partial charge in [-0.25, -0.2) is 8.78 Å². The fourth-order valence-corrected chi connectivity index (χ4v) is 2.99. The molecular weight excluding hydrogens is 328 g/mol. The van der Waals surface area contributed by atoms with Gasteiger partial charge in [0.05, 0.1) is 12.6 Å². The van der Waals surface area contributed by atoms with E-state index in [1.165, 1.54) is 12.1 Å². The molecule has 0 aromatic heterocycles. The Labute approximate surface area is 123 Å². The fourth-order valence-electron chi connectivity index (χ4n) is 2.46. The van der Waals surface area contributed by atoms with Crippen LogP contribution in [0.1, 0.15) is 22.7 Å². The van der Waals surface area contributed by atoms with Crippen molar-refractivity contribution in [2.75, 3.05) is 6.61 Å². The van der Waals surface area contributed by atoms with E-state index < -0.39 is 17.7 Å². The molecule has 0 saturated heterocycles. The SMILES string of the molecule is NC(c1cc(F)cc(F)c1)c1cc(Br)cc2c1OCC2. The molecule has 1 aliphatic rings. The lowest BCUT2D eigenvalue weighted by atomic mass is 9.96. The Morgan fingerprint density at radius 2 is 1.80 bits per heavy atom. The van der Waals surface area contributed by atoms with E-state index in [4.69, 9.17) is 10.5 Å². The van der Waals surface area contributed by atoms with Crippen LogP contribution in [0.2, 0.25) is 0 Å². The van der Waals surface area contributed by atoms with Gasteiger partial charge in [-0.2, -0.15) is 0 Å². The summed E-state index contributed by atoms with van der Waals surface area (Å²) in [6.45, 7) is 0.600. The number of halogens is 3. The number of ether oxygens (including phenoxy) is 1. The van der Waals surface area contributed by atoms with Gasteiger partial charge < -0.3 is 10.5 Å². The second-order valence-electron chi connectivity index (χ2n) is 4.76. The molecule has 2 nitrogen and oxygen atoms in total. The molecule has 0 amide bonds. The van der Waals surface area contributed by atoms with Gasteiger partial charge in [0.1, 0.15) is 17.4 Å². The number of hydrogen-bond acceptors (Lipinski definition) is 2. The molecule has 0 radical (unpaired) electrons. The van der Waals surface area contributed by atoms with Crippen molar-refractivity contribution < 1.29 is 13.5 Å². The highest BCUT2D eigenvalue weighted by atomic mass is 79.9. The van der Waals surface area contributed by atoms with Crippen LogP contribution in [-0.2, 0) is 6.42 Å². The molecule has 1 heterocycles. The minimum atomic E-state index is -0.636. The molecule has 20 heavy (non-hydrogen) atoms. The zero-order valence-electron chi connectivity index (χ0n) is 10.5. The Bertz CT molecular complexity index is 655. The van der Waals surface area contributed by atoms with Crippen LogP contribution in [-0.4, -0.2) is 6.61 Å². The first-order valence-electron chi connectivity index (χ1n) is 6.21. The minimum absolute atomic E-state index is 0.387. The molecule has 2 N–H and O–H groups in total. The average molecular weight is 340 g/mol. The summed E-state index contributed by atoms with van der Waals surface area (Å²) < 4.78 is 33.1. The van der Waals surface area contributed by atoms with E-state index in [9.17, 15) is 8.78 Å². The normalized spacial score (nSPS) is 14.8. The molecule has 5 heteroatoms. The topological polar surface area (TPSA) is 35.2 Å². The summed E-state index contributed by atoms with van der Waals surface area (Å²) in [5.41, 5.74) is 8.34. The maximum atomic E-state index is 13.3. The van der Waals surface area contributed by atoms with Gasteiger partial charge in [0.25, 0.3) is 0 Å². The molecule has 2 aromatic carbocycles. The molecule has 0 fully saturated rings. The molecule has 0 bridgehead atoms. The molecule has 2 aromatic rings. The van der Waals surface area contributed by atoms with Crippen molar-refractivity contribution in [1.29, 1.82) is 0 Å². The molecular formula is C15H12BrF2NO. The highest BCUT2D eigenvalue weighted by Gasteiger charge is 2.22. The number of hydrogen-bond donors (Lipinski definition) is 1. The molecule has 3 rings (SSSR count). The van der Waals surface area contributed by atoms with Gasteiger partial charge in [-0.05, 0) is 35.4 Å². The summed E-state index contributed by atoms with van der Waals surface area (Å²) in [7, 11) is 0. The van der Waals surface area contributed by atoms with E-state index in [1.807, 2.05) is 12.1 Å². The highest BCUT2D eigenvalue weighted by molar-refractivity contribution is 9.10. The van der Waals surface area contributed by atoms with E-state index in [0.29, 0.717) is 12.2 Å². The van der Waals surface area contributed by atoms with Crippen molar-refractivity contribution in [2.24, 2.45) is 5.73 Å². The van der Waals surface area contributed by atoms with Gasteiger partial charge in [0, 0.05) is 22.5 Å². The zero-order chi connectivity index (χ0) is 14.3. The summed E-state index contributed by atoms with van der Waals surface area (Å²) in [6, 6.07) is 6.50. The lowest BCUT2D eigenvalue weighted by molar-refractivity contribution is 0.352. The zero-order valence-corrected chi connectivity index (χ0v) is 12.1. The van der Waals surface area contributed by atoms with Crippen LogP contribution in [0.3, 0.4) is 0 Å². The van der Waals surface area contributed by atoms with Crippen LogP contribution in [0.15, 0.2) is 34.8 Å². The van der Waals surface area contributed by atoms with Gasteiger partial charge in [-0.15, -0.1) is 0 Å². The Morgan fingerprint density at radius 1 is 1.10 bits per heavy atom. The van der Waals surface area contributed by atoms with Crippen molar-refractivity contribution in [3.63, 3.8) is 0 Å². The van der Waals surface area contributed by atoms with Gasteiger partial charge in [-0.3, -0.25) is 0 Å². The van der Waals surface area contributed by atoms with Crippen molar-refractivity contribution in [1.82, 2.24) is 0 Å². The average Bonchev–Trinajstić information content (AvgIpc) is 2.83. The molecule has 0 saturated carbocycles. The van der Waals surface area contributed by atoms with E-state index in [1.54, 1.807) is 0 Å². The standard InChI is InChI=1S/C15H12BrF2NO/c16-10-3-8-1-2-20-15(8)13(6-10)14(19)9-4-11(17)7-12(18)5-9/h3-7,14H,1-2,19H2. The number of nitrogens with two attached hydrogens (primary N) is 1. The third kappa shape index (κ3) is 2.43. The van der Waals surface area contributed by atoms with Crippen LogP contribution in [0.25, 0.3) is 0 Å². The number of rotatable bonds is 2. The van der Waals surface area contributed by atoms with Gasteiger partial charge in [0.15, 0.2) is 0 Å². The van der Waals surface area contributed by atoms with E-state index in [-0.39, 0.29) is 0 Å². The molecule has 0 spiro atoms. The lowest BCUT2D eigenvalue weighted by Crippen LogP contribution is -2.13. The first kappa shape index (κ1) is 13.5. The third-order valence-electron chi connectivity index (χ3n) is 3.36. The van der Waals surface area contributed by atoms with Crippen molar-refractivity contribution in [2.45, 2.75) is 12.5 Å². The van der Waals surface area contributed by atoms with E-state index in [2.05, 4.69) is 15.9 Å². The fraction of sp³-hybridized carbons (Fsp3) is 0.200. The Balaban J connectivity index is 2.08. The van der Waals surface area contributed by atoms with Crippen molar-refractivity contribution in [3.8, 4) is 5.75 Å². The van der Waals surface area contributed by atoms with E-state index >= 15 is 0 Å². The predicted octanol–water partition coefficient (Wildman–Crippen LogP) is 3.71. The minimum Gasteiger partial charge on any atom is -0.493 e. The number of fused-ring (bicyclic) bond motifs is 1. The maximum absolute atomic E-state index is 13.3. The van der Waals surface area contributed by atoms with Crippen molar-refractivity contribution >= 4 is 15.9 Å². The quantitative estimate of drug-likeness (QED) is 0.905. The molecule has 104 valence electrons. The lowest BCUT2D eigenvalue weighted by Gasteiger charge is -2.17. The third-order valence-corrected chi connectivity index (χ3v) is 3.81. The van der Waals surface area contributed by atoms with Crippen LogP contribution >= 0.6 is 15.9 Å². The van der Waals surface area contributed by atoms with Crippen LogP contribution in [0.4, 0.5) is 8.78 Å². The smallest absolute Gasteiger partial charge is 0.127 e. The van der Waals surface area contributed by atoms with Gasteiger partial charge in [-0.1, -0.05) is 15.9 Å². The summed E-state index contributed by atoms with van der Waals surface area (Å²) >= 11 is 3.43. The largest absolute Gasteiger partial charge is 0.493 e. The first-order chi connectivity index (χ1) is 9.54. The maximum Gasteiger partial charge on any atom is 0.127 e. The Morgan fingerprint density at radius 3 is 2.50 bits per heavy atom. The monoisotopic (exact) mass is 339 g/mol. The van der Waals surface area contributed by atoms with Crippen LogP contribution in [0.5, 0.6) is 5.75 Å². The van der Waals surface area contributed by atoms with Crippen molar-refractivity contribution in [3.05, 3.63) is 63.1 Å². The second-order valence-corrected chi connectivity index (χ2v) is 5.68. The summed E-state index contributed by atoms with van der Waals surface area (Å²) in [4.78, 5) is 0. The molecule has 1 unspecified atom stereocenters.